The van der Waals surface area contributed by atoms with Gasteiger partial charge in [-0.05, 0) is 56.3 Å². The molecule has 3 heterocycles. The Labute approximate surface area is 161 Å². The van der Waals surface area contributed by atoms with Crippen molar-refractivity contribution in [1.29, 1.82) is 0 Å². The molecule has 0 bridgehead atoms. The van der Waals surface area contributed by atoms with Crippen molar-refractivity contribution in [3.63, 3.8) is 0 Å². The summed E-state index contributed by atoms with van der Waals surface area (Å²) in [4.78, 5) is 26.6. The zero-order valence-corrected chi connectivity index (χ0v) is 16.7. The third-order valence-corrected chi connectivity index (χ3v) is 6.12. The normalized spacial score (nSPS) is 20.3. The van der Waals surface area contributed by atoms with Crippen LogP contribution in [0.5, 0.6) is 0 Å². The second-order valence-electron chi connectivity index (χ2n) is 8.87. The number of hydrogen-bond donors (Lipinski definition) is 0. The first-order valence-corrected chi connectivity index (χ1v) is 10.2. The van der Waals surface area contributed by atoms with Crippen molar-refractivity contribution in [2.45, 2.75) is 46.6 Å². The maximum atomic E-state index is 12.4. The zero-order valence-electron chi connectivity index (χ0n) is 16.7. The lowest BCUT2D eigenvalue weighted by Crippen LogP contribution is -2.41. The molecule has 1 spiro atoms. The number of carbonyl (C=O) groups is 1. The molecule has 4 rings (SSSR count). The fourth-order valence-electron chi connectivity index (χ4n) is 4.60. The number of hydrogen-bond acceptors (Lipinski definition) is 4. The Bertz CT molecular complexity index is 839. The summed E-state index contributed by atoms with van der Waals surface area (Å²) >= 11 is 0. The van der Waals surface area contributed by atoms with Gasteiger partial charge in [0.15, 0.2) is 0 Å². The van der Waals surface area contributed by atoms with E-state index < -0.39 is 0 Å². The van der Waals surface area contributed by atoms with Crippen molar-refractivity contribution in [2.75, 3.05) is 26.2 Å². The van der Waals surface area contributed by atoms with Crippen molar-refractivity contribution in [3.8, 4) is 0 Å². The van der Waals surface area contributed by atoms with Crippen LogP contribution >= 0.6 is 0 Å². The number of carbonyl (C=O) groups excluding carboxylic acids is 1. The molecule has 0 saturated carbocycles. The molecule has 0 aliphatic carbocycles. The van der Waals surface area contributed by atoms with Gasteiger partial charge in [-0.1, -0.05) is 26.0 Å². The molecule has 27 heavy (non-hydrogen) atoms. The predicted octanol–water partition coefficient (Wildman–Crippen LogP) is 3.41. The number of aromatic nitrogens is 2. The largest absolute Gasteiger partial charge is 0.342 e. The molecule has 2 fully saturated rings. The van der Waals surface area contributed by atoms with Crippen LogP contribution in [0.2, 0.25) is 0 Å². The van der Waals surface area contributed by atoms with Crippen molar-refractivity contribution in [2.24, 2.45) is 11.3 Å². The van der Waals surface area contributed by atoms with Crippen molar-refractivity contribution >= 4 is 16.9 Å². The Hall–Kier alpha value is -2.01. The average molecular weight is 367 g/mol. The molecule has 2 aromatic rings. The van der Waals surface area contributed by atoms with Crippen LogP contribution in [0.25, 0.3) is 11.0 Å². The second-order valence-corrected chi connectivity index (χ2v) is 8.87. The average Bonchev–Trinajstić information content (AvgIpc) is 2.92. The third kappa shape index (κ3) is 3.84. The van der Waals surface area contributed by atoms with Gasteiger partial charge in [-0.25, -0.2) is 9.97 Å². The fraction of sp³-hybridized carbons (Fsp3) is 0.591. The number of nitrogens with zero attached hydrogens (tertiary/aromatic N) is 4. The van der Waals surface area contributed by atoms with Gasteiger partial charge in [0, 0.05) is 26.1 Å². The molecule has 5 heteroatoms. The first-order valence-electron chi connectivity index (χ1n) is 10.2. The molecule has 2 aliphatic rings. The summed E-state index contributed by atoms with van der Waals surface area (Å²) in [5.41, 5.74) is 4.23. The summed E-state index contributed by atoms with van der Waals surface area (Å²) in [7, 11) is 0. The lowest BCUT2D eigenvalue weighted by atomic mass is 9.77. The van der Waals surface area contributed by atoms with Crippen LogP contribution in [0.4, 0.5) is 0 Å². The minimum atomic E-state index is 0.201. The van der Waals surface area contributed by atoms with E-state index in [9.17, 15) is 4.79 Å². The molecular formula is C22H30N4O. The highest BCUT2D eigenvalue weighted by Crippen LogP contribution is 2.41. The first-order chi connectivity index (χ1) is 12.9. The van der Waals surface area contributed by atoms with E-state index in [2.05, 4.69) is 30.6 Å². The quantitative estimate of drug-likeness (QED) is 0.832. The van der Waals surface area contributed by atoms with E-state index in [4.69, 9.17) is 9.97 Å². The molecule has 1 amide bonds. The van der Waals surface area contributed by atoms with E-state index in [1.165, 1.54) is 0 Å². The highest BCUT2D eigenvalue weighted by atomic mass is 16.2. The summed E-state index contributed by atoms with van der Waals surface area (Å²) in [5, 5.41) is 0. The Morgan fingerprint density at radius 2 is 1.78 bits per heavy atom. The molecule has 2 saturated heterocycles. The van der Waals surface area contributed by atoms with Crippen LogP contribution in [-0.2, 0) is 11.3 Å². The number of piperidine rings is 1. The van der Waals surface area contributed by atoms with Crippen LogP contribution in [0.3, 0.4) is 0 Å². The maximum absolute atomic E-state index is 12.4. The minimum Gasteiger partial charge on any atom is -0.342 e. The summed E-state index contributed by atoms with van der Waals surface area (Å²) in [6.07, 6.45) is 2.95. The van der Waals surface area contributed by atoms with Gasteiger partial charge in [-0.3, -0.25) is 9.69 Å². The standard InChI is InChI=1S/C22H30N4O/c1-16(2)13-26-15-22(12-21(26)27)8-10-25(11-9-22)14-20-17(3)23-18-6-4-5-7-19(18)24-20/h4-7,16H,8-15H2,1-3H3. The molecule has 0 unspecified atom stereocenters. The molecule has 2 aliphatic heterocycles. The van der Waals surface area contributed by atoms with Crippen molar-refractivity contribution in [1.82, 2.24) is 19.8 Å². The van der Waals surface area contributed by atoms with E-state index in [0.717, 1.165) is 74.4 Å². The molecule has 1 aromatic carbocycles. The lowest BCUT2D eigenvalue weighted by Gasteiger charge is -2.38. The van der Waals surface area contributed by atoms with Crippen LogP contribution < -0.4 is 0 Å². The van der Waals surface area contributed by atoms with E-state index >= 15 is 0 Å². The van der Waals surface area contributed by atoms with Crippen molar-refractivity contribution in [3.05, 3.63) is 35.7 Å². The van der Waals surface area contributed by atoms with Gasteiger partial charge >= 0.3 is 0 Å². The van der Waals surface area contributed by atoms with Gasteiger partial charge in [0.2, 0.25) is 5.91 Å². The highest BCUT2D eigenvalue weighted by Gasteiger charge is 2.44. The zero-order chi connectivity index (χ0) is 19.0. The van der Waals surface area contributed by atoms with Gasteiger partial charge in [0.25, 0.3) is 0 Å². The smallest absolute Gasteiger partial charge is 0.223 e. The molecule has 0 atom stereocenters. The number of aryl methyl sites for hydroxylation is 1. The maximum Gasteiger partial charge on any atom is 0.223 e. The molecular weight excluding hydrogens is 336 g/mol. The summed E-state index contributed by atoms with van der Waals surface area (Å²) in [6, 6.07) is 8.07. The first kappa shape index (κ1) is 18.4. The molecule has 0 N–H and O–H groups in total. The fourth-order valence-corrected chi connectivity index (χ4v) is 4.60. The van der Waals surface area contributed by atoms with E-state index in [0.29, 0.717) is 11.8 Å². The Balaban J connectivity index is 1.40. The monoisotopic (exact) mass is 366 g/mol. The van der Waals surface area contributed by atoms with Crippen LogP contribution in [0.15, 0.2) is 24.3 Å². The molecule has 5 nitrogen and oxygen atoms in total. The van der Waals surface area contributed by atoms with E-state index in [-0.39, 0.29) is 5.41 Å². The van der Waals surface area contributed by atoms with Gasteiger partial charge in [-0.2, -0.15) is 0 Å². The molecule has 1 aromatic heterocycles. The minimum absolute atomic E-state index is 0.201. The predicted molar refractivity (Wildman–Crippen MR) is 107 cm³/mol. The van der Waals surface area contributed by atoms with Crippen LogP contribution in [-0.4, -0.2) is 51.9 Å². The number of para-hydroxylation sites is 2. The number of likely N-dealkylation sites (tertiary alicyclic amines) is 2. The highest BCUT2D eigenvalue weighted by molar-refractivity contribution is 5.79. The van der Waals surface area contributed by atoms with E-state index in [1.54, 1.807) is 0 Å². The number of rotatable bonds is 4. The van der Waals surface area contributed by atoms with E-state index in [1.807, 2.05) is 24.3 Å². The van der Waals surface area contributed by atoms with Gasteiger partial charge in [0.1, 0.15) is 0 Å². The Morgan fingerprint density at radius 1 is 1.11 bits per heavy atom. The lowest BCUT2D eigenvalue weighted by molar-refractivity contribution is -0.128. The van der Waals surface area contributed by atoms with Gasteiger partial charge < -0.3 is 4.90 Å². The Morgan fingerprint density at radius 3 is 2.44 bits per heavy atom. The molecule has 0 radical (unpaired) electrons. The Kier molecular flexibility index (Phi) is 4.89. The third-order valence-electron chi connectivity index (χ3n) is 6.12. The SMILES string of the molecule is Cc1nc2ccccc2nc1CN1CCC2(CC1)CC(=O)N(CC(C)C)C2. The topological polar surface area (TPSA) is 49.3 Å². The summed E-state index contributed by atoms with van der Waals surface area (Å²) in [5.74, 6) is 0.895. The molecule has 144 valence electrons. The van der Waals surface area contributed by atoms with Crippen molar-refractivity contribution < 1.29 is 4.79 Å². The number of benzene rings is 1. The second kappa shape index (κ2) is 7.19. The number of fused-ring (bicyclic) bond motifs is 1. The van der Waals surface area contributed by atoms with Gasteiger partial charge in [-0.15, -0.1) is 0 Å². The van der Waals surface area contributed by atoms with Crippen LogP contribution in [0, 0.1) is 18.3 Å². The summed E-state index contributed by atoms with van der Waals surface area (Å²) < 4.78 is 0. The summed E-state index contributed by atoms with van der Waals surface area (Å²) in [6.45, 7) is 11.2. The number of amides is 1. The van der Waals surface area contributed by atoms with Crippen LogP contribution in [0.1, 0.15) is 44.5 Å². The van der Waals surface area contributed by atoms with Gasteiger partial charge in [0.05, 0.1) is 22.4 Å².